The van der Waals surface area contributed by atoms with Crippen LogP contribution in [-0.2, 0) is 21.7 Å². The van der Waals surface area contributed by atoms with E-state index in [9.17, 15) is 0 Å². The maximum Gasteiger partial charge on any atom is 0.137 e. The number of fused-ring (bicyclic) bond motifs is 3. The molecule has 62 heavy (non-hydrogen) atoms. The first kappa shape index (κ1) is 42.9. The van der Waals surface area contributed by atoms with Gasteiger partial charge >= 0.3 is 0 Å². The zero-order valence-electron chi connectivity index (χ0n) is 39.6. The van der Waals surface area contributed by atoms with E-state index in [4.69, 9.17) is 9.72 Å². The van der Waals surface area contributed by atoms with E-state index in [1.807, 2.05) is 6.20 Å². The second kappa shape index (κ2) is 15.2. The van der Waals surface area contributed by atoms with Gasteiger partial charge in [0.2, 0.25) is 0 Å². The maximum atomic E-state index is 7.22. The molecule has 0 unspecified atom stereocenters. The van der Waals surface area contributed by atoms with E-state index in [0.29, 0.717) is 6.67 Å². The van der Waals surface area contributed by atoms with Gasteiger partial charge in [-0.2, -0.15) is 0 Å². The lowest BCUT2D eigenvalue weighted by atomic mass is 9.76. The smallest absolute Gasteiger partial charge is 0.137 e. The molecule has 0 atom stereocenters. The van der Waals surface area contributed by atoms with Crippen molar-refractivity contribution in [1.82, 2.24) is 9.55 Å². The molecule has 3 heterocycles. The Balaban J connectivity index is 1.31. The number of para-hydroxylation sites is 1. The summed E-state index contributed by atoms with van der Waals surface area (Å²) in [5, 5.41) is 2.41. The predicted molar refractivity (Wildman–Crippen MR) is 264 cm³/mol. The van der Waals surface area contributed by atoms with Gasteiger partial charge in [0.05, 0.1) is 17.7 Å². The second-order valence-corrected chi connectivity index (χ2v) is 22.0. The molecule has 1 aliphatic rings. The molecule has 5 nitrogen and oxygen atoms in total. The van der Waals surface area contributed by atoms with Crippen LogP contribution in [-0.4, -0.2) is 16.2 Å². The largest absolute Gasteiger partial charge is 0.457 e. The van der Waals surface area contributed by atoms with Gasteiger partial charge in [0.15, 0.2) is 0 Å². The molecule has 2 aromatic heterocycles. The molecule has 320 valence electrons. The van der Waals surface area contributed by atoms with Gasteiger partial charge in [0, 0.05) is 63.2 Å². The quantitative estimate of drug-likeness (QED) is 0.160. The van der Waals surface area contributed by atoms with E-state index in [1.165, 1.54) is 50.0 Å². The number of anilines is 2. The third kappa shape index (κ3) is 8.15. The fourth-order valence-corrected chi connectivity index (χ4v) is 8.87. The van der Waals surface area contributed by atoms with Crippen molar-refractivity contribution in [2.75, 3.05) is 16.5 Å². The normalized spacial score (nSPS) is 14.3. The highest BCUT2D eigenvalue weighted by molar-refractivity contribution is 6.11. The molecular formula is C57H66N4O. The minimum atomic E-state index is -0.357. The third-order valence-electron chi connectivity index (χ3n) is 12.7. The summed E-state index contributed by atoms with van der Waals surface area (Å²) in [6, 6.07) is 44.4. The van der Waals surface area contributed by atoms with Crippen LogP contribution >= 0.6 is 0 Å². The molecule has 5 heteroatoms. The number of allylic oxidation sites excluding steroid dienone is 1. The summed E-state index contributed by atoms with van der Waals surface area (Å²) in [6.07, 6.45) is 4.30. The summed E-state index contributed by atoms with van der Waals surface area (Å²) in [4.78, 5) is 9.90. The first-order valence-electron chi connectivity index (χ1n) is 22.3. The average Bonchev–Trinajstić information content (AvgIpc) is 3.81. The van der Waals surface area contributed by atoms with Gasteiger partial charge in [-0.25, -0.2) is 4.98 Å². The van der Waals surface area contributed by atoms with Crippen LogP contribution in [0.3, 0.4) is 0 Å². The van der Waals surface area contributed by atoms with Crippen molar-refractivity contribution in [3.63, 3.8) is 0 Å². The van der Waals surface area contributed by atoms with Gasteiger partial charge in [-0.05, 0) is 92.6 Å². The highest BCUT2D eigenvalue weighted by atomic mass is 16.5. The van der Waals surface area contributed by atoms with Gasteiger partial charge in [0.1, 0.15) is 17.3 Å². The molecule has 8 rings (SSSR count). The molecule has 0 bridgehead atoms. The number of benzene rings is 5. The molecule has 0 N–H and O–H groups in total. The van der Waals surface area contributed by atoms with Crippen molar-refractivity contribution in [1.29, 1.82) is 0 Å². The Morgan fingerprint density at radius 3 is 1.79 bits per heavy atom. The van der Waals surface area contributed by atoms with Crippen molar-refractivity contribution in [2.45, 2.75) is 119 Å². The van der Waals surface area contributed by atoms with Crippen molar-refractivity contribution in [3.05, 3.63) is 167 Å². The molecular weight excluding hydrogens is 757 g/mol. The molecule has 0 fully saturated rings. The molecule has 0 spiro atoms. The van der Waals surface area contributed by atoms with Gasteiger partial charge in [-0.1, -0.05) is 158 Å². The number of aromatic nitrogens is 2. The molecule has 5 aromatic carbocycles. The monoisotopic (exact) mass is 823 g/mol. The predicted octanol–water partition coefficient (Wildman–Crippen LogP) is 15.4. The van der Waals surface area contributed by atoms with E-state index in [2.05, 4.69) is 239 Å². The maximum absolute atomic E-state index is 7.22. The first-order valence-corrected chi connectivity index (χ1v) is 22.3. The molecule has 0 saturated heterocycles. The standard InChI is InChI=1S/C57H66N4O/c1-53(2,3)39-23-20-24-42(29-39)60-37-59(36-50(60)56(10,11)12)43-30-41(55(7,8)9)31-44(33-43)62-45-34-47(57(13,14)38-21-16-15-17-22-38)52-46-25-18-19-26-48(46)61(49(52)35-45)51-32-40(27-28-58-51)54(4,5)6/h15-36H,37H2,1-14H3. The number of pyridine rings is 1. The molecule has 7 aromatic rings. The van der Waals surface area contributed by atoms with Gasteiger partial charge in [0.25, 0.3) is 0 Å². The van der Waals surface area contributed by atoms with Crippen LogP contribution in [0.15, 0.2) is 139 Å². The summed E-state index contributed by atoms with van der Waals surface area (Å²) in [6.45, 7) is 32.8. The van der Waals surface area contributed by atoms with Crippen LogP contribution in [0.5, 0.6) is 11.5 Å². The number of hydrogen-bond acceptors (Lipinski definition) is 4. The first-order chi connectivity index (χ1) is 29.0. The van der Waals surface area contributed by atoms with Crippen molar-refractivity contribution in [2.24, 2.45) is 5.41 Å². The molecule has 0 aliphatic carbocycles. The highest BCUT2D eigenvalue weighted by Gasteiger charge is 2.34. The number of hydrogen-bond donors (Lipinski definition) is 0. The van der Waals surface area contributed by atoms with E-state index in [-0.39, 0.29) is 27.1 Å². The zero-order valence-corrected chi connectivity index (χ0v) is 39.6. The van der Waals surface area contributed by atoms with Crippen molar-refractivity contribution >= 4 is 33.2 Å². The van der Waals surface area contributed by atoms with Crippen molar-refractivity contribution < 1.29 is 4.74 Å². The zero-order chi connectivity index (χ0) is 44.6. The lowest BCUT2D eigenvalue weighted by Crippen LogP contribution is -2.31. The SMILES string of the molecule is CC(C)(C)C1=CN(c2cc(Oc3cc(C(C)(C)c4ccccc4)c4c5ccccc5n(-c5cc(C(C)(C)C)ccn5)c4c3)cc(C(C)(C)C)c2)CN1c1cccc(C(C)(C)C)c1. The van der Waals surface area contributed by atoms with Crippen molar-refractivity contribution in [3.8, 4) is 17.3 Å². The lowest BCUT2D eigenvalue weighted by molar-refractivity contribution is 0.477. The summed E-state index contributed by atoms with van der Waals surface area (Å²) in [7, 11) is 0. The van der Waals surface area contributed by atoms with E-state index >= 15 is 0 Å². The summed E-state index contributed by atoms with van der Waals surface area (Å²) in [5.41, 5.74) is 11.5. The number of nitrogens with zero attached hydrogens (tertiary/aromatic N) is 4. The second-order valence-electron chi connectivity index (χ2n) is 22.0. The third-order valence-corrected chi connectivity index (χ3v) is 12.7. The Bertz CT molecular complexity index is 2810. The number of rotatable bonds is 7. The van der Waals surface area contributed by atoms with E-state index < -0.39 is 0 Å². The molecule has 0 amide bonds. The number of ether oxygens (including phenoxy) is 1. The summed E-state index contributed by atoms with van der Waals surface area (Å²) in [5.74, 6) is 2.50. The summed E-state index contributed by atoms with van der Waals surface area (Å²) < 4.78 is 9.56. The van der Waals surface area contributed by atoms with Crippen LogP contribution in [0.25, 0.3) is 27.6 Å². The Kier molecular flexibility index (Phi) is 10.5. The van der Waals surface area contributed by atoms with Crippen LogP contribution < -0.4 is 14.5 Å². The Morgan fingerprint density at radius 1 is 0.500 bits per heavy atom. The Hall–Kier alpha value is -5.81. The fourth-order valence-electron chi connectivity index (χ4n) is 8.87. The lowest BCUT2D eigenvalue weighted by Gasteiger charge is -2.32. The van der Waals surface area contributed by atoms with Crippen LogP contribution in [0.4, 0.5) is 11.4 Å². The highest BCUT2D eigenvalue weighted by Crippen LogP contribution is 2.46. The van der Waals surface area contributed by atoms with Gasteiger partial charge < -0.3 is 14.5 Å². The Morgan fingerprint density at radius 2 is 1.11 bits per heavy atom. The summed E-state index contributed by atoms with van der Waals surface area (Å²) >= 11 is 0. The Labute approximate surface area is 371 Å². The fraction of sp³-hybridized carbons (Fsp3) is 0.351. The van der Waals surface area contributed by atoms with Gasteiger partial charge in [-0.3, -0.25) is 4.57 Å². The topological polar surface area (TPSA) is 33.5 Å². The molecule has 0 radical (unpaired) electrons. The van der Waals surface area contributed by atoms with Gasteiger partial charge in [-0.15, -0.1) is 0 Å². The molecule has 1 aliphatic heterocycles. The van der Waals surface area contributed by atoms with Crippen LogP contribution in [0.2, 0.25) is 0 Å². The van der Waals surface area contributed by atoms with E-state index in [1.54, 1.807) is 0 Å². The average molecular weight is 823 g/mol. The van der Waals surface area contributed by atoms with E-state index in [0.717, 1.165) is 34.0 Å². The minimum absolute atomic E-state index is 0.0351. The molecule has 0 saturated carbocycles. The minimum Gasteiger partial charge on any atom is -0.457 e. The van der Waals surface area contributed by atoms with Crippen LogP contribution in [0.1, 0.15) is 125 Å². The van der Waals surface area contributed by atoms with Crippen LogP contribution in [0, 0.1) is 5.41 Å².